The highest BCUT2D eigenvalue weighted by Crippen LogP contribution is 2.78. The van der Waals surface area contributed by atoms with Crippen LogP contribution in [-0.2, 0) is 23.8 Å². The van der Waals surface area contributed by atoms with E-state index >= 15 is 0 Å². The van der Waals surface area contributed by atoms with Gasteiger partial charge in [-0.05, 0) is 86.2 Å². The number of carbonyl (C=O) groups excluding carboxylic acids is 2. The number of unbranched alkanes of at least 4 members (excludes halogenated alkanes) is 2. The normalized spacial score (nSPS) is 43.8. The van der Waals surface area contributed by atoms with E-state index < -0.39 is 0 Å². The first-order valence-electron chi connectivity index (χ1n) is 15.3. The van der Waals surface area contributed by atoms with Gasteiger partial charge in [0.05, 0.1) is 6.26 Å². The second-order valence-electron chi connectivity index (χ2n) is 13.6. The SMILES string of the molecule is CCCCCC(=O)O[C@H]1[C@H]2O[C@]23[C@@H]2CC[C@@H]4C[C@@H](OC(C)=O)CC[C@]4(C)[C@H]2CC[C@]3(C)[C@H]1c1ccc(=O)oc1. The largest absolute Gasteiger partial charge is 0.463 e. The summed E-state index contributed by atoms with van der Waals surface area (Å²) in [5.41, 5.74) is 0.206. The van der Waals surface area contributed by atoms with E-state index in [1.54, 1.807) is 6.26 Å². The summed E-state index contributed by atoms with van der Waals surface area (Å²) in [6.07, 6.45) is 11.7. The van der Waals surface area contributed by atoms with E-state index in [1.807, 2.05) is 6.07 Å². The summed E-state index contributed by atoms with van der Waals surface area (Å²) < 4.78 is 24.1. The monoisotopic (exact) mass is 540 g/mol. The fourth-order valence-electron chi connectivity index (χ4n) is 9.96. The maximum atomic E-state index is 13.0. The Morgan fingerprint density at radius 2 is 1.85 bits per heavy atom. The summed E-state index contributed by atoms with van der Waals surface area (Å²) in [5, 5.41) is 0. The summed E-state index contributed by atoms with van der Waals surface area (Å²) in [4.78, 5) is 36.5. The van der Waals surface area contributed by atoms with Gasteiger partial charge in [0, 0.05) is 30.7 Å². The minimum atomic E-state index is -0.374. The van der Waals surface area contributed by atoms with E-state index in [0.29, 0.717) is 24.2 Å². The van der Waals surface area contributed by atoms with E-state index in [9.17, 15) is 14.4 Å². The van der Waals surface area contributed by atoms with Gasteiger partial charge in [-0.2, -0.15) is 0 Å². The molecule has 1 aliphatic heterocycles. The lowest BCUT2D eigenvalue weighted by molar-refractivity contribution is -0.167. The third-order valence-corrected chi connectivity index (χ3v) is 11.7. The van der Waals surface area contributed by atoms with Crippen molar-refractivity contribution < 1.29 is 28.2 Å². The van der Waals surface area contributed by atoms with Crippen molar-refractivity contribution in [3.63, 3.8) is 0 Å². The summed E-state index contributed by atoms with van der Waals surface area (Å²) in [6.45, 7) is 8.44. The molecule has 4 saturated carbocycles. The van der Waals surface area contributed by atoms with Gasteiger partial charge in [0.1, 0.15) is 23.9 Å². The number of hydrogen-bond acceptors (Lipinski definition) is 7. The highest BCUT2D eigenvalue weighted by atomic mass is 16.7. The summed E-state index contributed by atoms with van der Waals surface area (Å²) in [5.74, 6) is 1.07. The molecule has 5 aliphatic rings. The van der Waals surface area contributed by atoms with Crippen molar-refractivity contribution in [2.24, 2.45) is 28.6 Å². The molecule has 4 aliphatic carbocycles. The molecule has 0 radical (unpaired) electrons. The van der Waals surface area contributed by atoms with Crippen molar-refractivity contribution in [2.45, 2.75) is 128 Å². The fraction of sp³-hybridized carbons (Fsp3) is 0.781. The van der Waals surface area contributed by atoms with Crippen molar-refractivity contribution in [3.8, 4) is 0 Å². The zero-order valence-electron chi connectivity index (χ0n) is 23.9. The van der Waals surface area contributed by atoms with Crippen LogP contribution in [0.5, 0.6) is 0 Å². The maximum absolute atomic E-state index is 13.0. The first-order chi connectivity index (χ1) is 18.6. The second-order valence-corrected chi connectivity index (χ2v) is 13.6. The minimum absolute atomic E-state index is 0.0363. The molecule has 1 aromatic rings. The first kappa shape index (κ1) is 27.0. The molecule has 0 bridgehead atoms. The summed E-state index contributed by atoms with van der Waals surface area (Å²) in [6, 6.07) is 3.34. The van der Waals surface area contributed by atoms with Crippen molar-refractivity contribution in [2.75, 3.05) is 0 Å². The highest BCUT2D eigenvalue weighted by Gasteiger charge is 2.84. The highest BCUT2D eigenvalue weighted by molar-refractivity contribution is 5.70. The standard InChI is InChI=1S/C32H44O7/c1-5-6-7-8-26(35)38-28-27(20-9-12-25(34)36-18-20)31(4)16-14-23-24(32(31)29(28)39-32)11-10-21-17-22(37-19(2)33)13-15-30(21,23)3/h9,12,18,21-24,27-29H,5-8,10-11,13-17H2,1-4H3/t21-,22+,23+,24-,27+,28-,29-,30+,31-,32-/m1/s1. The van der Waals surface area contributed by atoms with Crippen LogP contribution in [0.4, 0.5) is 0 Å². The molecule has 1 saturated heterocycles. The average Bonchev–Trinajstić information content (AvgIpc) is 3.59. The minimum Gasteiger partial charge on any atom is -0.463 e. The number of carbonyl (C=O) groups is 2. The van der Waals surface area contributed by atoms with Crippen LogP contribution in [0, 0.1) is 28.6 Å². The van der Waals surface area contributed by atoms with Gasteiger partial charge in [0.2, 0.25) is 0 Å². The zero-order valence-corrected chi connectivity index (χ0v) is 23.9. The van der Waals surface area contributed by atoms with E-state index in [2.05, 4.69) is 20.8 Å². The Balaban J connectivity index is 1.30. The van der Waals surface area contributed by atoms with Crippen LogP contribution in [0.25, 0.3) is 0 Å². The lowest BCUT2D eigenvalue weighted by Gasteiger charge is -2.61. The van der Waals surface area contributed by atoms with E-state index in [-0.39, 0.29) is 58.2 Å². The van der Waals surface area contributed by atoms with Crippen LogP contribution in [-0.4, -0.2) is 35.9 Å². The number of fused-ring (bicyclic) bond motifs is 3. The Morgan fingerprint density at radius 3 is 2.56 bits per heavy atom. The Labute approximate surface area is 231 Å². The van der Waals surface area contributed by atoms with Gasteiger partial charge in [-0.3, -0.25) is 9.59 Å². The number of esters is 2. The fourth-order valence-corrected chi connectivity index (χ4v) is 9.96. The first-order valence-corrected chi connectivity index (χ1v) is 15.3. The molecule has 7 heteroatoms. The van der Waals surface area contributed by atoms with Gasteiger partial charge in [-0.1, -0.05) is 33.6 Å². The molecule has 5 fully saturated rings. The molecule has 2 heterocycles. The zero-order chi connectivity index (χ0) is 27.6. The molecule has 0 N–H and O–H groups in total. The predicted octanol–water partition coefficient (Wildman–Crippen LogP) is 5.93. The molecule has 10 atom stereocenters. The Bertz CT molecular complexity index is 1150. The van der Waals surface area contributed by atoms with E-state index in [4.69, 9.17) is 18.6 Å². The van der Waals surface area contributed by atoms with Crippen LogP contribution < -0.4 is 5.63 Å². The third-order valence-electron chi connectivity index (χ3n) is 11.7. The molecule has 214 valence electrons. The third kappa shape index (κ3) is 4.12. The number of ether oxygens (including phenoxy) is 3. The molecule has 0 unspecified atom stereocenters. The topological polar surface area (TPSA) is 95.3 Å². The molecule has 1 aromatic heterocycles. The average molecular weight is 541 g/mol. The molecule has 6 rings (SSSR count). The van der Waals surface area contributed by atoms with Crippen LogP contribution >= 0.6 is 0 Å². The Morgan fingerprint density at radius 1 is 1.03 bits per heavy atom. The number of epoxide rings is 1. The lowest BCUT2D eigenvalue weighted by atomic mass is 9.44. The lowest BCUT2D eigenvalue weighted by Crippen LogP contribution is -2.58. The van der Waals surface area contributed by atoms with Crippen LogP contribution in [0.3, 0.4) is 0 Å². The van der Waals surface area contributed by atoms with Crippen LogP contribution in [0.15, 0.2) is 27.6 Å². The van der Waals surface area contributed by atoms with Crippen molar-refractivity contribution in [1.29, 1.82) is 0 Å². The van der Waals surface area contributed by atoms with Gasteiger partial charge in [-0.25, -0.2) is 4.79 Å². The van der Waals surface area contributed by atoms with Gasteiger partial charge < -0.3 is 18.6 Å². The van der Waals surface area contributed by atoms with E-state index in [0.717, 1.165) is 69.8 Å². The predicted molar refractivity (Wildman–Crippen MR) is 144 cm³/mol. The van der Waals surface area contributed by atoms with Gasteiger partial charge in [-0.15, -0.1) is 0 Å². The van der Waals surface area contributed by atoms with Crippen molar-refractivity contribution >= 4 is 11.9 Å². The number of hydrogen-bond donors (Lipinski definition) is 0. The molecule has 1 spiro atoms. The van der Waals surface area contributed by atoms with Crippen LogP contribution in [0.1, 0.15) is 110 Å². The maximum Gasteiger partial charge on any atom is 0.335 e. The Kier molecular flexibility index (Phi) is 6.76. The molecular weight excluding hydrogens is 496 g/mol. The van der Waals surface area contributed by atoms with Gasteiger partial charge in [0.15, 0.2) is 0 Å². The molecule has 7 nitrogen and oxygen atoms in total. The van der Waals surface area contributed by atoms with Crippen molar-refractivity contribution in [1.82, 2.24) is 0 Å². The molecular formula is C32H44O7. The molecule has 39 heavy (non-hydrogen) atoms. The molecule has 0 aromatic carbocycles. The van der Waals surface area contributed by atoms with Crippen LogP contribution in [0.2, 0.25) is 0 Å². The van der Waals surface area contributed by atoms with E-state index in [1.165, 1.54) is 13.0 Å². The Hall–Kier alpha value is -2.15. The number of rotatable bonds is 7. The molecule has 0 amide bonds. The summed E-state index contributed by atoms with van der Waals surface area (Å²) >= 11 is 0. The van der Waals surface area contributed by atoms with Crippen molar-refractivity contribution in [3.05, 3.63) is 34.4 Å². The van der Waals surface area contributed by atoms with Gasteiger partial charge >= 0.3 is 17.6 Å². The smallest absolute Gasteiger partial charge is 0.335 e. The second kappa shape index (κ2) is 9.74. The summed E-state index contributed by atoms with van der Waals surface area (Å²) in [7, 11) is 0. The quantitative estimate of drug-likeness (QED) is 0.240. The van der Waals surface area contributed by atoms with Gasteiger partial charge in [0.25, 0.3) is 0 Å².